The summed E-state index contributed by atoms with van der Waals surface area (Å²) in [7, 11) is 3.42. The van der Waals surface area contributed by atoms with Crippen LogP contribution in [-0.2, 0) is 11.3 Å². The van der Waals surface area contributed by atoms with Gasteiger partial charge in [-0.3, -0.25) is 0 Å². The smallest absolute Gasteiger partial charge is 0.191 e. The molecule has 0 radical (unpaired) electrons. The lowest BCUT2D eigenvalue weighted by Gasteiger charge is -2.33. The van der Waals surface area contributed by atoms with Gasteiger partial charge in [0.1, 0.15) is 0 Å². The molecule has 0 aromatic heterocycles. The lowest BCUT2D eigenvalue weighted by Crippen LogP contribution is -2.48. The summed E-state index contributed by atoms with van der Waals surface area (Å²) >= 11 is 0. The van der Waals surface area contributed by atoms with E-state index in [4.69, 9.17) is 19.2 Å². The summed E-state index contributed by atoms with van der Waals surface area (Å²) in [5.74, 6) is 2.39. The van der Waals surface area contributed by atoms with Gasteiger partial charge >= 0.3 is 0 Å². The second-order valence-electron chi connectivity index (χ2n) is 7.22. The molecular formula is C22H39IN4O3. The molecule has 0 spiro atoms. The molecule has 1 aromatic rings. The van der Waals surface area contributed by atoms with Crippen LogP contribution >= 0.6 is 24.0 Å². The number of piperidine rings is 1. The highest BCUT2D eigenvalue weighted by Gasteiger charge is 2.19. The Hall–Kier alpha value is -1.26. The fourth-order valence-electron chi connectivity index (χ4n) is 3.50. The average molecular weight is 534 g/mol. The number of halogens is 1. The maximum Gasteiger partial charge on any atom is 0.191 e. The molecule has 1 aliphatic rings. The number of benzene rings is 1. The quantitative estimate of drug-likeness (QED) is 0.197. The van der Waals surface area contributed by atoms with Crippen LogP contribution in [0.3, 0.4) is 0 Å². The van der Waals surface area contributed by atoms with Gasteiger partial charge < -0.3 is 29.7 Å². The molecular weight excluding hydrogens is 495 g/mol. The summed E-state index contributed by atoms with van der Waals surface area (Å²) in [4.78, 5) is 7.30. The molecule has 30 heavy (non-hydrogen) atoms. The highest BCUT2D eigenvalue weighted by atomic mass is 127. The van der Waals surface area contributed by atoms with Crippen molar-refractivity contribution in [2.45, 2.75) is 45.7 Å². The molecule has 1 aliphatic heterocycles. The first kappa shape index (κ1) is 26.8. The predicted octanol–water partition coefficient (Wildman–Crippen LogP) is 3.27. The van der Waals surface area contributed by atoms with E-state index in [-0.39, 0.29) is 24.0 Å². The van der Waals surface area contributed by atoms with Gasteiger partial charge in [-0.25, -0.2) is 4.99 Å². The SMILES string of the molecule is CCNC(=NCc1ccc(OC)c(OCC)c1)NC1CCN(CCCOC)CC1.I. The Morgan fingerprint density at radius 3 is 2.57 bits per heavy atom. The zero-order chi connectivity index (χ0) is 20.9. The van der Waals surface area contributed by atoms with Gasteiger partial charge in [-0.2, -0.15) is 0 Å². The van der Waals surface area contributed by atoms with Crippen molar-refractivity contribution < 1.29 is 14.2 Å². The van der Waals surface area contributed by atoms with Crippen molar-refractivity contribution in [3.63, 3.8) is 0 Å². The molecule has 0 saturated carbocycles. The van der Waals surface area contributed by atoms with Gasteiger partial charge in [-0.05, 0) is 50.8 Å². The standard InChI is InChI=1S/C22H38N4O3.HI/c1-5-23-22(25-19-10-13-26(14-11-19)12-7-15-27-3)24-17-18-8-9-20(28-4)21(16-18)29-6-2;/h8-9,16,19H,5-7,10-15,17H2,1-4H3,(H2,23,24,25);1H. The highest BCUT2D eigenvalue weighted by molar-refractivity contribution is 14.0. The summed E-state index contributed by atoms with van der Waals surface area (Å²) < 4.78 is 16.2. The normalized spacial score (nSPS) is 15.4. The van der Waals surface area contributed by atoms with E-state index in [0.29, 0.717) is 19.2 Å². The fourth-order valence-corrected chi connectivity index (χ4v) is 3.50. The average Bonchev–Trinajstić information content (AvgIpc) is 2.74. The third-order valence-electron chi connectivity index (χ3n) is 5.04. The van der Waals surface area contributed by atoms with Crippen LogP contribution in [0.1, 0.15) is 38.7 Å². The summed E-state index contributed by atoms with van der Waals surface area (Å²) in [5, 5.41) is 6.98. The molecule has 172 valence electrons. The van der Waals surface area contributed by atoms with Gasteiger partial charge in [-0.15, -0.1) is 24.0 Å². The number of hydrogen-bond acceptors (Lipinski definition) is 5. The summed E-state index contributed by atoms with van der Waals surface area (Å²) in [6.07, 6.45) is 3.37. The van der Waals surface area contributed by atoms with E-state index in [1.54, 1.807) is 14.2 Å². The monoisotopic (exact) mass is 534 g/mol. The van der Waals surface area contributed by atoms with Crippen molar-refractivity contribution in [2.24, 2.45) is 4.99 Å². The third kappa shape index (κ3) is 9.26. The molecule has 0 atom stereocenters. The Morgan fingerprint density at radius 1 is 1.17 bits per heavy atom. The number of hydrogen-bond donors (Lipinski definition) is 2. The summed E-state index contributed by atoms with van der Waals surface area (Å²) in [6.45, 7) is 10.3. The topological polar surface area (TPSA) is 67.4 Å². The summed E-state index contributed by atoms with van der Waals surface area (Å²) in [6, 6.07) is 6.44. The third-order valence-corrected chi connectivity index (χ3v) is 5.04. The molecule has 7 nitrogen and oxygen atoms in total. The predicted molar refractivity (Wildman–Crippen MR) is 133 cm³/mol. The Kier molecular flexibility index (Phi) is 13.9. The first-order valence-corrected chi connectivity index (χ1v) is 10.8. The number of nitrogens with zero attached hydrogens (tertiary/aromatic N) is 2. The molecule has 1 heterocycles. The van der Waals surface area contributed by atoms with Gasteiger partial charge in [-0.1, -0.05) is 6.07 Å². The number of guanidine groups is 1. The van der Waals surface area contributed by atoms with Gasteiger partial charge in [0, 0.05) is 45.9 Å². The highest BCUT2D eigenvalue weighted by Crippen LogP contribution is 2.28. The van der Waals surface area contributed by atoms with Crippen molar-refractivity contribution in [2.75, 3.05) is 53.6 Å². The van der Waals surface area contributed by atoms with E-state index in [1.807, 2.05) is 25.1 Å². The number of nitrogens with one attached hydrogen (secondary N) is 2. The molecule has 1 aromatic carbocycles. The zero-order valence-electron chi connectivity index (χ0n) is 18.9. The Bertz CT molecular complexity index is 622. The van der Waals surface area contributed by atoms with Crippen molar-refractivity contribution >= 4 is 29.9 Å². The van der Waals surface area contributed by atoms with E-state index in [0.717, 1.165) is 75.1 Å². The lowest BCUT2D eigenvalue weighted by molar-refractivity contribution is 0.155. The van der Waals surface area contributed by atoms with Crippen LogP contribution in [0.2, 0.25) is 0 Å². The van der Waals surface area contributed by atoms with Crippen molar-refractivity contribution in [3.8, 4) is 11.5 Å². The molecule has 2 rings (SSSR count). The number of methoxy groups -OCH3 is 2. The van der Waals surface area contributed by atoms with Gasteiger partial charge in [0.05, 0.1) is 20.3 Å². The van der Waals surface area contributed by atoms with E-state index < -0.39 is 0 Å². The van der Waals surface area contributed by atoms with Crippen LogP contribution in [0.4, 0.5) is 0 Å². The minimum atomic E-state index is 0. The Labute approximate surface area is 199 Å². The van der Waals surface area contributed by atoms with Gasteiger partial charge in [0.15, 0.2) is 17.5 Å². The largest absolute Gasteiger partial charge is 0.493 e. The zero-order valence-corrected chi connectivity index (χ0v) is 21.2. The van der Waals surface area contributed by atoms with Crippen molar-refractivity contribution in [1.82, 2.24) is 15.5 Å². The second-order valence-corrected chi connectivity index (χ2v) is 7.22. The fraction of sp³-hybridized carbons (Fsp3) is 0.682. The molecule has 0 bridgehead atoms. The van der Waals surface area contributed by atoms with E-state index in [9.17, 15) is 0 Å². The van der Waals surface area contributed by atoms with E-state index >= 15 is 0 Å². The molecule has 1 saturated heterocycles. The minimum Gasteiger partial charge on any atom is -0.493 e. The van der Waals surface area contributed by atoms with Gasteiger partial charge in [0.25, 0.3) is 0 Å². The molecule has 8 heteroatoms. The van der Waals surface area contributed by atoms with Crippen LogP contribution in [-0.4, -0.2) is 70.5 Å². The molecule has 0 aliphatic carbocycles. The van der Waals surface area contributed by atoms with Crippen LogP contribution in [0.5, 0.6) is 11.5 Å². The molecule has 2 N–H and O–H groups in total. The number of likely N-dealkylation sites (tertiary alicyclic amines) is 1. The first-order chi connectivity index (χ1) is 14.2. The Morgan fingerprint density at radius 2 is 1.93 bits per heavy atom. The van der Waals surface area contributed by atoms with Crippen molar-refractivity contribution in [1.29, 1.82) is 0 Å². The Balaban J connectivity index is 0.00000450. The number of ether oxygens (including phenoxy) is 3. The summed E-state index contributed by atoms with van der Waals surface area (Å²) in [5.41, 5.74) is 1.10. The van der Waals surface area contributed by atoms with Crippen LogP contribution in [0.25, 0.3) is 0 Å². The van der Waals surface area contributed by atoms with Crippen LogP contribution in [0.15, 0.2) is 23.2 Å². The van der Waals surface area contributed by atoms with Crippen LogP contribution < -0.4 is 20.1 Å². The number of rotatable bonds is 11. The maximum absolute atomic E-state index is 5.67. The minimum absolute atomic E-state index is 0. The lowest BCUT2D eigenvalue weighted by atomic mass is 10.1. The van der Waals surface area contributed by atoms with Gasteiger partial charge in [0.2, 0.25) is 0 Å². The van der Waals surface area contributed by atoms with Crippen LogP contribution in [0, 0.1) is 0 Å². The molecule has 1 fully saturated rings. The number of aliphatic imine (C=N–C) groups is 1. The van der Waals surface area contributed by atoms with E-state index in [2.05, 4.69) is 22.5 Å². The second kappa shape index (κ2) is 15.5. The van der Waals surface area contributed by atoms with E-state index in [1.165, 1.54) is 0 Å². The van der Waals surface area contributed by atoms with Crippen molar-refractivity contribution in [3.05, 3.63) is 23.8 Å². The first-order valence-electron chi connectivity index (χ1n) is 10.8. The maximum atomic E-state index is 5.67. The molecule has 0 amide bonds. The molecule has 0 unspecified atom stereocenters.